The van der Waals surface area contributed by atoms with Gasteiger partial charge in [-0.05, 0) is 24.6 Å². The molecule has 0 atom stereocenters. The minimum Gasteiger partial charge on any atom is -0.454 e. The number of thiazole rings is 1. The van der Waals surface area contributed by atoms with Gasteiger partial charge in [-0.25, -0.2) is 4.98 Å². The Balaban J connectivity index is 1.64. The molecule has 1 N–H and O–H groups in total. The number of nitrogens with one attached hydrogen (secondary N) is 1. The molecular formula is C13H12N2O3S. The zero-order valence-electron chi connectivity index (χ0n) is 10.3. The minimum absolute atomic E-state index is 0.165. The van der Waals surface area contributed by atoms with Crippen LogP contribution in [0.15, 0.2) is 23.6 Å². The van der Waals surface area contributed by atoms with Gasteiger partial charge < -0.3 is 14.8 Å². The molecule has 3 rings (SSSR count). The lowest BCUT2D eigenvalue weighted by molar-refractivity contribution is 0.0946. The molecule has 0 bridgehead atoms. The molecule has 1 aromatic carbocycles. The molecule has 0 saturated heterocycles. The Bertz CT molecular complexity index is 624. The van der Waals surface area contributed by atoms with E-state index in [0.717, 1.165) is 22.1 Å². The zero-order valence-corrected chi connectivity index (χ0v) is 11.1. The number of fused-ring (bicyclic) bond motifs is 1. The number of carbonyl (C=O) groups excluding carboxylic acids is 1. The Kier molecular flexibility index (Phi) is 3.08. The Morgan fingerprint density at radius 2 is 2.26 bits per heavy atom. The first-order chi connectivity index (χ1) is 9.22. The normalized spacial score (nSPS) is 12.5. The molecular weight excluding hydrogens is 264 g/mol. The second-order valence-corrected chi connectivity index (χ2v) is 5.18. The van der Waals surface area contributed by atoms with Crippen molar-refractivity contribution < 1.29 is 14.3 Å². The molecule has 1 aliphatic heterocycles. The Labute approximate surface area is 114 Å². The quantitative estimate of drug-likeness (QED) is 0.932. The van der Waals surface area contributed by atoms with E-state index in [2.05, 4.69) is 10.3 Å². The van der Waals surface area contributed by atoms with Crippen molar-refractivity contribution in [1.29, 1.82) is 0 Å². The van der Waals surface area contributed by atoms with Crippen LogP contribution in [0.4, 0.5) is 0 Å². The summed E-state index contributed by atoms with van der Waals surface area (Å²) in [7, 11) is 0. The maximum atomic E-state index is 11.8. The van der Waals surface area contributed by atoms with Gasteiger partial charge in [0.05, 0.1) is 5.01 Å². The number of aromatic nitrogens is 1. The first kappa shape index (κ1) is 12.0. The van der Waals surface area contributed by atoms with Gasteiger partial charge in [-0.3, -0.25) is 4.79 Å². The smallest absolute Gasteiger partial charge is 0.271 e. The van der Waals surface area contributed by atoms with Crippen LogP contribution in [0.2, 0.25) is 0 Å². The van der Waals surface area contributed by atoms with Gasteiger partial charge in [-0.1, -0.05) is 6.07 Å². The molecule has 2 aromatic rings. The summed E-state index contributed by atoms with van der Waals surface area (Å²) in [6.45, 7) is 2.56. The van der Waals surface area contributed by atoms with Crippen LogP contribution in [0.1, 0.15) is 21.1 Å². The summed E-state index contributed by atoms with van der Waals surface area (Å²) in [5.74, 6) is 1.29. The average Bonchev–Trinajstić information content (AvgIpc) is 3.03. The average molecular weight is 276 g/mol. The second kappa shape index (κ2) is 4.89. The van der Waals surface area contributed by atoms with Crippen LogP contribution < -0.4 is 14.8 Å². The van der Waals surface area contributed by atoms with E-state index in [0.29, 0.717) is 12.2 Å². The lowest BCUT2D eigenvalue weighted by Gasteiger charge is -2.04. The standard InChI is InChI=1S/C13H12N2O3S/c1-8-15-10(6-19-8)13(16)14-5-9-2-3-11-12(4-9)18-7-17-11/h2-4,6H,5,7H2,1H3,(H,14,16). The Morgan fingerprint density at radius 3 is 3.05 bits per heavy atom. The van der Waals surface area contributed by atoms with Crippen molar-refractivity contribution in [2.75, 3.05) is 6.79 Å². The van der Waals surface area contributed by atoms with Gasteiger partial charge in [-0.2, -0.15) is 0 Å². The summed E-state index contributed by atoms with van der Waals surface area (Å²) < 4.78 is 10.5. The highest BCUT2D eigenvalue weighted by Crippen LogP contribution is 2.32. The monoisotopic (exact) mass is 276 g/mol. The highest BCUT2D eigenvalue weighted by molar-refractivity contribution is 7.09. The number of benzene rings is 1. The summed E-state index contributed by atoms with van der Waals surface area (Å²) >= 11 is 1.46. The number of aryl methyl sites for hydroxylation is 1. The molecule has 5 nitrogen and oxygen atoms in total. The number of nitrogens with zero attached hydrogens (tertiary/aromatic N) is 1. The fraction of sp³-hybridized carbons (Fsp3) is 0.231. The van der Waals surface area contributed by atoms with Crippen LogP contribution in [0.5, 0.6) is 11.5 Å². The van der Waals surface area contributed by atoms with E-state index in [1.165, 1.54) is 11.3 Å². The molecule has 0 saturated carbocycles. The first-order valence-corrected chi connectivity index (χ1v) is 6.69. The van der Waals surface area contributed by atoms with E-state index in [1.54, 1.807) is 5.38 Å². The van der Waals surface area contributed by atoms with Gasteiger partial charge in [0.25, 0.3) is 5.91 Å². The lowest BCUT2D eigenvalue weighted by Crippen LogP contribution is -2.23. The van der Waals surface area contributed by atoms with Crippen molar-refractivity contribution in [2.24, 2.45) is 0 Å². The van der Waals surface area contributed by atoms with E-state index in [-0.39, 0.29) is 12.7 Å². The SMILES string of the molecule is Cc1nc(C(=O)NCc2ccc3c(c2)OCO3)cs1. The molecule has 1 amide bonds. The molecule has 0 spiro atoms. The van der Waals surface area contributed by atoms with E-state index in [4.69, 9.17) is 9.47 Å². The van der Waals surface area contributed by atoms with Crippen molar-refractivity contribution in [3.63, 3.8) is 0 Å². The van der Waals surface area contributed by atoms with Crippen LogP contribution in [0, 0.1) is 6.92 Å². The number of ether oxygens (including phenoxy) is 2. The van der Waals surface area contributed by atoms with Crippen molar-refractivity contribution in [1.82, 2.24) is 10.3 Å². The van der Waals surface area contributed by atoms with Gasteiger partial charge >= 0.3 is 0 Å². The first-order valence-electron chi connectivity index (χ1n) is 5.81. The largest absolute Gasteiger partial charge is 0.454 e. The molecule has 0 radical (unpaired) electrons. The molecule has 19 heavy (non-hydrogen) atoms. The lowest BCUT2D eigenvalue weighted by atomic mass is 10.2. The van der Waals surface area contributed by atoms with E-state index >= 15 is 0 Å². The highest BCUT2D eigenvalue weighted by atomic mass is 32.1. The fourth-order valence-corrected chi connectivity index (χ4v) is 2.38. The molecule has 0 unspecified atom stereocenters. The van der Waals surface area contributed by atoms with Crippen molar-refractivity contribution in [2.45, 2.75) is 13.5 Å². The molecule has 1 aromatic heterocycles. The number of carbonyl (C=O) groups is 1. The van der Waals surface area contributed by atoms with Crippen molar-refractivity contribution in [3.8, 4) is 11.5 Å². The minimum atomic E-state index is -0.165. The highest BCUT2D eigenvalue weighted by Gasteiger charge is 2.14. The van der Waals surface area contributed by atoms with Gasteiger partial charge in [0.1, 0.15) is 5.69 Å². The third-order valence-corrected chi connectivity index (χ3v) is 3.52. The van der Waals surface area contributed by atoms with Crippen LogP contribution in [0.3, 0.4) is 0 Å². The maximum Gasteiger partial charge on any atom is 0.271 e. The topological polar surface area (TPSA) is 60.5 Å². The molecule has 0 aliphatic carbocycles. The van der Waals surface area contributed by atoms with Crippen LogP contribution in [-0.2, 0) is 6.54 Å². The molecule has 6 heteroatoms. The number of hydrogen-bond donors (Lipinski definition) is 1. The van der Waals surface area contributed by atoms with Crippen molar-refractivity contribution >= 4 is 17.2 Å². The van der Waals surface area contributed by atoms with Crippen LogP contribution in [-0.4, -0.2) is 17.7 Å². The molecule has 1 aliphatic rings. The van der Waals surface area contributed by atoms with Gasteiger partial charge in [-0.15, -0.1) is 11.3 Å². The summed E-state index contributed by atoms with van der Waals surface area (Å²) in [6, 6.07) is 5.62. The Hall–Kier alpha value is -2.08. The van der Waals surface area contributed by atoms with Crippen LogP contribution in [0.25, 0.3) is 0 Å². The van der Waals surface area contributed by atoms with Gasteiger partial charge in [0.2, 0.25) is 6.79 Å². The van der Waals surface area contributed by atoms with E-state index in [1.807, 2.05) is 25.1 Å². The predicted octanol–water partition coefficient (Wildman–Crippen LogP) is 2.11. The Morgan fingerprint density at radius 1 is 1.42 bits per heavy atom. The number of rotatable bonds is 3. The van der Waals surface area contributed by atoms with Crippen molar-refractivity contribution in [3.05, 3.63) is 39.8 Å². The summed E-state index contributed by atoms with van der Waals surface area (Å²) in [6.07, 6.45) is 0. The summed E-state index contributed by atoms with van der Waals surface area (Å²) in [4.78, 5) is 16.0. The maximum absolute atomic E-state index is 11.8. The van der Waals surface area contributed by atoms with Crippen LogP contribution >= 0.6 is 11.3 Å². The number of amides is 1. The predicted molar refractivity (Wildman–Crippen MR) is 70.6 cm³/mol. The van der Waals surface area contributed by atoms with Gasteiger partial charge in [0.15, 0.2) is 11.5 Å². The van der Waals surface area contributed by atoms with Gasteiger partial charge in [0, 0.05) is 11.9 Å². The molecule has 2 heterocycles. The summed E-state index contributed by atoms with van der Waals surface area (Å²) in [5, 5.41) is 5.47. The van der Waals surface area contributed by atoms with E-state index in [9.17, 15) is 4.79 Å². The molecule has 98 valence electrons. The zero-order chi connectivity index (χ0) is 13.2. The second-order valence-electron chi connectivity index (χ2n) is 4.12. The third-order valence-electron chi connectivity index (χ3n) is 2.74. The third kappa shape index (κ3) is 2.53. The number of hydrogen-bond acceptors (Lipinski definition) is 5. The van der Waals surface area contributed by atoms with E-state index < -0.39 is 0 Å². The fourth-order valence-electron chi connectivity index (χ4n) is 1.79. The summed E-state index contributed by atoms with van der Waals surface area (Å²) in [5.41, 5.74) is 1.42. The molecule has 0 fully saturated rings.